The summed E-state index contributed by atoms with van der Waals surface area (Å²) in [4.78, 5) is 0. The highest BCUT2D eigenvalue weighted by molar-refractivity contribution is 4.63. The van der Waals surface area contributed by atoms with E-state index >= 15 is 0 Å². The number of rotatable bonds is 2. The van der Waals surface area contributed by atoms with Crippen molar-refractivity contribution in [3.8, 4) is 0 Å². The predicted molar refractivity (Wildman–Crippen MR) is 48.1 cm³/mol. The molecule has 0 radical (unpaired) electrons. The van der Waals surface area contributed by atoms with Crippen LogP contribution in [0.5, 0.6) is 0 Å². The SMILES string of the molecule is COC1CCCCC1.OCCO. The third-order valence-electron chi connectivity index (χ3n) is 1.99. The van der Waals surface area contributed by atoms with Crippen molar-refractivity contribution in [2.24, 2.45) is 0 Å². The number of aliphatic hydroxyl groups is 2. The van der Waals surface area contributed by atoms with Crippen LogP contribution in [-0.4, -0.2) is 36.6 Å². The molecule has 3 nitrogen and oxygen atoms in total. The first kappa shape index (κ1) is 11.9. The largest absolute Gasteiger partial charge is 0.394 e. The van der Waals surface area contributed by atoms with Crippen LogP contribution in [0.3, 0.4) is 0 Å². The molecule has 2 N–H and O–H groups in total. The molecule has 74 valence electrons. The predicted octanol–water partition coefficient (Wildman–Crippen LogP) is 0.936. The summed E-state index contributed by atoms with van der Waals surface area (Å²) >= 11 is 0. The van der Waals surface area contributed by atoms with E-state index < -0.39 is 0 Å². The van der Waals surface area contributed by atoms with Crippen LogP contribution in [-0.2, 0) is 4.74 Å². The number of methoxy groups -OCH3 is 1. The third-order valence-corrected chi connectivity index (χ3v) is 1.99. The fraction of sp³-hybridized carbons (Fsp3) is 1.00. The van der Waals surface area contributed by atoms with Gasteiger partial charge in [0.2, 0.25) is 0 Å². The second kappa shape index (κ2) is 8.97. The molecule has 3 heteroatoms. The van der Waals surface area contributed by atoms with Gasteiger partial charge in [-0.2, -0.15) is 0 Å². The number of ether oxygens (including phenoxy) is 1. The number of aliphatic hydroxyl groups excluding tert-OH is 2. The molecule has 1 aliphatic rings. The summed E-state index contributed by atoms with van der Waals surface area (Å²) in [5, 5.41) is 15.2. The minimum atomic E-state index is -0.125. The fourth-order valence-corrected chi connectivity index (χ4v) is 1.30. The Labute approximate surface area is 74.4 Å². The lowest BCUT2D eigenvalue weighted by molar-refractivity contribution is 0.0710. The molecule has 0 aromatic heterocycles. The highest BCUT2D eigenvalue weighted by Gasteiger charge is 2.10. The average molecular weight is 176 g/mol. The molecule has 0 atom stereocenters. The van der Waals surface area contributed by atoms with Gasteiger partial charge in [0.15, 0.2) is 0 Å². The number of hydrogen-bond acceptors (Lipinski definition) is 3. The quantitative estimate of drug-likeness (QED) is 0.658. The van der Waals surface area contributed by atoms with E-state index in [0.29, 0.717) is 6.10 Å². The Kier molecular flexibility index (Phi) is 8.88. The maximum atomic E-state index is 7.62. The zero-order valence-corrected chi connectivity index (χ0v) is 7.83. The highest BCUT2D eigenvalue weighted by Crippen LogP contribution is 2.18. The van der Waals surface area contributed by atoms with Gasteiger partial charge in [0.1, 0.15) is 0 Å². The molecular weight excluding hydrogens is 156 g/mol. The lowest BCUT2D eigenvalue weighted by Gasteiger charge is -2.19. The second-order valence-corrected chi connectivity index (χ2v) is 2.94. The van der Waals surface area contributed by atoms with Crippen molar-refractivity contribution >= 4 is 0 Å². The van der Waals surface area contributed by atoms with Crippen LogP contribution in [0, 0.1) is 0 Å². The molecule has 0 saturated heterocycles. The van der Waals surface area contributed by atoms with Crippen molar-refractivity contribution in [1.82, 2.24) is 0 Å². The zero-order valence-electron chi connectivity index (χ0n) is 7.83. The summed E-state index contributed by atoms with van der Waals surface area (Å²) in [6, 6.07) is 0. The molecule has 0 heterocycles. The van der Waals surface area contributed by atoms with Crippen LogP contribution in [0.1, 0.15) is 32.1 Å². The van der Waals surface area contributed by atoms with E-state index in [4.69, 9.17) is 14.9 Å². The zero-order chi connectivity index (χ0) is 9.23. The molecule has 0 aliphatic heterocycles. The molecule has 0 bridgehead atoms. The standard InChI is InChI=1S/C7H14O.C2H6O2/c1-8-7-5-3-2-4-6-7;3-1-2-4/h7H,2-6H2,1H3;3-4H,1-2H2. The van der Waals surface area contributed by atoms with Gasteiger partial charge in [-0.25, -0.2) is 0 Å². The molecule has 1 fully saturated rings. The Hall–Kier alpha value is -0.120. The van der Waals surface area contributed by atoms with Crippen LogP contribution in [0.4, 0.5) is 0 Å². The molecule has 0 amide bonds. The van der Waals surface area contributed by atoms with E-state index in [2.05, 4.69) is 0 Å². The van der Waals surface area contributed by atoms with Gasteiger partial charge in [0, 0.05) is 7.11 Å². The van der Waals surface area contributed by atoms with Crippen molar-refractivity contribution in [3.05, 3.63) is 0 Å². The van der Waals surface area contributed by atoms with Gasteiger partial charge in [-0.1, -0.05) is 19.3 Å². The highest BCUT2D eigenvalue weighted by atomic mass is 16.5. The molecule has 0 aromatic carbocycles. The molecule has 1 saturated carbocycles. The van der Waals surface area contributed by atoms with Crippen molar-refractivity contribution in [3.63, 3.8) is 0 Å². The maximum absolute atomic E-state index is 7.62. The van der Waals surface area contributed by atoms with Crippen LogP contribution in [0.25, 0.3) is 0 Å². The van der Waals surface area contributed by atoms with Crippen molar-refractivity contribution in [2.45, 2.75) is 38.2 Å². The van der Waals surface area contributed by atoms with E-state index in [1.807, 2.05) is 7.11 Å². The van der Waals surface area contributed by atoms with Gasteiger partial charge in [-0.3, -0.25) is 0 Å². The van der Waals surface area contributed by atoms with Crippen molar-refractivity contribution < 1.29 is 14.9 Å². The lowest BCUT2D eigenvalue weighted by atomic mass is 9.98. The van der Waals surface area contributed by atoms with Crippen LogP contribution < -0.4 is 0 Å². The first-order valence-electron chi connectivity index (χ1n) is 4.59. The van der Waals surface area contributed by atoms with Gasteiger partial charge in [-0.15, -0.1) is 0 Å². The topological polar surface area (TPSA) is 49.7 Å². The van der Waals surface area contributed by atoms with Crippen molar-refractivity contribution in [2.75, 3.05) is 20.3 Å². The molecule has 1 aliphatic carbocycles. The fourth-order valence-electron chi connectivity index (χ4n) is 1.30. The first-order chi connectivity index (χ1) is 5.85. The molecule has 0 spiro atoms. The second-order valence-electron chi connectivity index (χ2n) is 2.94. The first-order valence-corrected chi connectivity index (χ1v) is 4.59. The molecule has 1 rings (SSSR count). The lowest BCUT2D eigenvalue weighted by Crippen LogP contribution is -2.13. The molecule has 0 unspecified atom stereocenters. The van der Waals surface area contributed by atoms with Crippen LogP contribution in [0.15, 0.2) is 0 Å². The Balaban J connectivity index is 0.000000261. The van der Waals surface area contributed by atoms with Gasteiger partial charge in [0.05, 0.1) is 19.3 Å². The van der Waals surface area contributed by atoms with Crippen LogP contribution in [0.2, 0.25) is 0 Å². The third kappa shape index (κ3) is 6.58. The Bertz CT molecular complexity index is 77.8. The van der Waals surface area contributed by atoms with E-state index in [0.717, 1.165) is 0 Å². The monoisotopic (exact) mass is 176 g/mol. The van der Waals surface area contributed by atoms with E-state index in [1.54, 1.807) is 0 Å². The molecule has 0 aromatic rings. The minimum Gasteiger partial charge on any atom is -0.394 e. The smallest absolute Gasteiger partial charge is 0.0662 e. The number of hydrogen-bond donors (Lipinski definition) is 2. The van der Waals surface area contributed by atoms with Crippen LogP contribution >= 0.6 is 0 Å². The summed E-state index contributed by atoms with van der Waals surface area (Å²) in [6.45, 7) is -0.250. The summed E-state index contributed by atoms with van der Waals surface area (Å²) in [6.07, 6.45) is 7.33. The minimum absolute atomic E-state index is 0.125. The Morgan fingerprint density at radius 1 is 1.08 bits per heavy atom. The molecule has 12 heavy (non-hydrogen) atoms. The van der Waals surface area contributed by atoms with Gasteiger partial charge in [-0.05, 0) is 12.8 Å². The van der Waals surface area contributed by atoms with E-state index in [9.17, 15) is 0 Å². The normalized spacial score (nSPS) is 18.2. The maximum Gasteiger partial charge on any atom is 0.0662 e. The summed E-state index contributed by atoms with van der Waals surface area (Å²) in [5.41, 5.74) is 0. The van der Waals surface area contributed by atoms with Crippen molar-refractivity contribution in [1.29, 1.82) is 0 Å². The Morgan fingerprint density at radius 2 is 1.58 bits per heavy atom. The Morgan fingerprint density at radius 3 is 1.83 bits per heavy atom. The summed E-state index contributed by atoms with van der Waals surface area (Å²) in [7, 11) is 1.82. The molecular formula is C9H20O3. The van der Waals surface area contributed by atoms with E-state index in [1.165, 1.54) is 32.1 Å². The average Bonchev–Trinajstić information content (AvgIpc) is 2.19. The summed E-state index contributed by atoms with van der Waals surface area (Å²) in [5.74, 6) is 0. The van der Waals surface area contributed by atoms with E-state index in [-0.39, 0.29) is 13.2 Å². The van der Waals surface area contributed by atoms with Gasteiger partial charge < -0.3 is 14.9 Å². The van der Waals surface area contributed by atoms with Gasteiger partial charge in [0.25, 0.3) is 0 Å². The van der Waals surface area contributed by atoms with Gasteiger partial charge >= 0.3 is 0 Å². The summed E-state index contributed by atoms with van der Waals surface area (Å²) < 4.78 is 5.19.